The van der Waals surface area contributed by atoms with E-state index >= 15 is 0 Å². The Labute approximate surface area is 105 Å². The topological polar surface area (TPSA) is 50.9 Å². The van der Waals surface area contributed by atoms with Crippen LogP contribution in [0.25, 0.3) is 0 Å². The molecule has 2 aliphatic rings. The highest BCUT2D eigenvalue weighted by Crippen LogP contribution is 2.38. The van der Waals surface area contributed by atoms with Crippen molar-refractivity contribution in [2.45, 2.75) is 25.0 Å². The van der Waals surface area contributed by atoms with E-state index in [0.29, 0.717) is 19.1 Å². The summed E-state index contributed by atoms with van der Waals surface area (Å²) in [7, 11) is 0. The molecule has 5 heteroatoms. The quantitative estimate of drug-likeness (QED) is 0.820. The Morgan fingerprint density at radius 1 is 1.44 bits per heavy atom. The maximum absolute atomic E-state index is 13.0. The average molecular weight is 249 g/mol. The molecule has 1 aromatic rings. The first-order valence-electron chi connectivity index (χ1n) is 6.11. The second-order valence-electron chi connectivity index (χ2n) is 4.85. The normalized spacial score (nSPS) is 31.1. The molecule has 0 aliphatic carbocycles. The summed E-state index contributed by atoms with van der Waals surface area (Å²) in [6.45, 7) is 3.39. The summed E-state index contributed by atoms with van der Waals surface area (Å²) in [5.74, 6) is 0.234. The number of aliphatic imine (C=N–C) groups is 1. The Morgan fingerprint density at radius 3 is 2.78 bits per heavy atom. The smallest absolute Gasteiger partial charge is 0.196 e. The van der Waals surface area contributed by atoms with Crippen LogP contribution in [-0.4, -0.2) is 30.8 Å². The largest absolute Gasteiger partial charge is 0.376 e. The Kier molecular flexibility index (Phi) is 2.52. The van der Waals surface area contributed by atoms with Crippen LogP contribution < -0.4 is 10.6 Å². The van der Waals surface area contributed by atoms with Crippen molar-refractivity contribution in [3.05, 3.63) is 30.1 Å². The molecule has 1 aromatic carbocycles. The van der Waals surface area contributed by atoms with Crippen LogP contribution >= 0.6 is 0 Å². The van der Waals surface area contributed by atoms with E-state index in [2.05, 4.69) is 4.99 Å². The Bertz CT molecular complexity index is 488. The highest BCUT2D eigenvalue weighted by atomic mass is 19.1. The zero-order valence-electron chi connectivity index (χ0n) is 10.3. The minimum Gasteiger partial charge on any atom is -0.376 e. The predicted molar refractivity (Wildman–Crippen MR) is 68.1 cm³/mol. The number of rotatable bonds is 1. The third-order valence-electron chi connectivity index (χ3n) is 3.93. The van der Waals surface area contributed by atoms with Gasteiger partial charge in [-0.15, -0.1) is 0 Å². The van der Waals surface area contributed by atoms with Crippen LogP contribution in [-0.2, 0) is 4.74 Å². The molecule has 2 N–H and O–H groups in total. The number of halogens is 1. The summed E-state index contributed by atoms with van der Waals surface area (Å²) in [4.78, 5) is 6.34. The Morgan fingerprint density at radius 2 is 2.17 bits per heavy atom. The average Bonchev–Trinajstić information content (AvgIpc) is 2.88. The lowest BCUT2D eigenvalue weighted by Crippen LogP contribution is -2.56. The van der Waals surface area contributed by atoms with Crippen LogP contribution in [0.4, 0.5) is 10.1 Å². The monoisotopic (exact) mass is 249 g/mol. The van der Waals surface area contributed by atoms with E-state index in [0.717, 1.165) is 12.1 Å². The fourth-order valence-corrected chi connectivity index (χ4v) is 2.84. The summed E-state index contributed by atoms with van der Waals surface area (Å²) in [5.41, 5.74) is 6.65. The first-order chi connectivity index (χ1) is 8.63. The Hall–Kier alpha value is -1.62. The molecule has 0 aromatic heterocycles. The number of hydrogen-bond acceptors (Lipinski definition) is 4. The van der Waals surface area contributed by atoms with Crippen LogP contribution in [0, 0.1) is 5.82 Å². The first-order valence-corrected chi connectivity index (χ1v) is 6.11. The van der Waals surface area contributed by atoms with Gasteiger partial charge in [-0.3, -0.25) is 4.99 Å². The standard InChI is InChI=1S/C13H16FN3O/c1-9-13(6-7-18-9)8-16-12(15)17(13)11-4-2-10(14)3-5-11/h2-5,9H,6-8H2,1H3,(H2,15,16). The number of guanidine groups is 1. The van der Waals surface area contributed by atoms with Crippen LogP contribution in [0.5, 0.6) is 0 Å². The lowest BCUT2D eigenvalue weighted by molar-refractivity contribution is 0.100. The van der Waals surface area contributed by atoms with E-state index in [-0.39, 0.29) is 17.5 Å². The molecule has 0 saturated carbocycles. The van der Waals surface area contributed by atoms with E-state index in [4.69, 9.17) is 10.5 Å². The van der Waals surface area contributed by atoms with Gasteiger partial charge in [-0.05, 0) is 37.6 Å². The molecular weight excluding hydrogens is 233 g/mol. The highest BCUT2D eigenvalue weighted by molar-refractivity contribution is 5.98. The van der Waals surface area contributed by atoms with Crippen molar-refractivity contribution in [3.8, 4) is 0 Å². The maximum Gasteiger partial charge on any atom is 0.196 e. The molecule has 1 spiro atoms. The molecule has 0 amide bonds. The zero-order valence-corrected chi connectivity index (χ0v) is 10.3. The van der Waals surface area contributed by atoms with Crippen molar-refractivity contribution in [1.29, 1.82) is 0 Å². The van der Waals surface area contributed by atoms with Crippen LogP contribution in [0.3, 0.4) is 0 Å². The number of nitrogens with two attached hydrogens (primary N) is 1. The third kappa shape index (κ3) is 1.50. The molecule has 0 bridgehead atoms. The van der Waals surface area contributed by atoms with Crippen molar-refractivity contribution >= 4 is 11.6 Å². The molecule has 2 aliphatic heterocycles. The lowest BCUT2D eigenvalue weighted by atomic mass is 9.90. The number of benzene rings is 1. The number of nitrogens with zero attached hydrogens (tertiary/aromatic N) is 2. The highest BCUT2D eigenvalue weighted by Gasteiger charge is 2.51. The minimum atomic E-state index is -0.252. The zero-order chi connectivity index (χ0) is 12.8. The summed E-state index contributed by atoms with van der Waals surface area (Å²) < 4.78 is 18.7. The molecule has 0 radical (unpaired) electrons. The molecule has 18 heavy (non-hydrogen) atoms. The SMILES string of the molecule is CC1OCCC12CN=C(N)N2c1ccc(F)cc1. The molecule has 3 rings (SSSR count). The van der Waals surface area contributed by atoms with Gasteiger partial charge in [0.15, 0.2) is 5.96 Å². The molecule has 2 atom stereocenters. The van der Waals surface area contributed by atoms with Crippen molar-refractivity contribution in [2.75, 3.05) is 18.1 Å². The van der Waals surface area contributed by atoms with Gasteiger partial charge in [0.25, 0.3) is 0 Å². The minimum absolute atomic E-state index is 0.0624. The van der Waals surface area contributed by atoms with E-state index < -0.39 is 0 Å². The lowest BCUT2D eigenvalue weighted by Gasteiger charge is -2.38. The van der Waals surface area contributed by atoms with Gasteiger partial charge < -0.3 is 15.4 Å². The number of hydrogen-bond donors (Lipinski definition) is 1. The van der Waals surface area contributed by atoms with Gasteiger partial charge in [0.05, 0.1) is 18.2 Å². The third-order valence-corrected chi connectivity index (χ3v) is 3.93. The van der Waals surface area contributed by atoms with Gasteiger partial charge >= 0.3 is 0 Å². The van der Waals surface area contributed by atoms with Crippen LogP contribution in [0.1, 0.15) is 13.3 Å². The molecule has 2 heterocycles. The summed E-state index contributed by atoms with van der Waals surface area (Å²) >= 11 is 0. The summed E-state index contributed by atoms with van der Waals surface area (Å²) in [6.07, 6.45) is 0.947. The van der Waals surface area contributed by atoms with Gasteiger partial charge in [-0.2, -0.15) is 0 Å². The summed E-state index contributed by atoms with van der Waals surface area (Å²) in [6, 6.07) is 6.34. The maximum atomic E-state index is 13.0. The number of anilines is 1. The first kappa shape index (κ1) is 11.5. The van der Waals surface area contributed by atoms with Gasteiger partial charge in [-0.25, -0.2) is 4.39 Å². The van der Waals surface area contributed by atoms with Crippen molar-refractivity contribution in [1.82, 2.24) is 0 Å². The van der Waals surface area contributed by atoms with Gasteiger partial charge in [0.1, 0.15) is 5.82 Å². The van der Waals surface area contributed by atoms with E-state index in [9.17, 15) is 4.39 Å². The molecule has 4 nitrogen and oxygen atoms in total. The second-order valence-corrected chi connectivity index (χ2v) is 4.85. The van der Waals surface area contributed by atoms with Crippen molar-refractivity contribution in [3.63, 3.8) is 0 Å². The fourth-order valence-electron chi connectivity index (χ4n) is 2.84. The number of ether oxygens (including phenoxy) is 1. The predicted octanol–water partition coefficient (Wildman–Crippen LogP) is 1.51. The Balaban J connectivity index is 2.02. The van der Waals surface area contributed by atoms with Gasteiger partial charge in [0, 0.05) is 12.3 Å². The van der Waals surface area contributed by atoms with Gasteiger partial charge in [-0.1, -0.05) is 0 Å². The fraction of sp³-hybridized carbons (Fsp3) is 0.462. The van der Waals surface area contributed by atoms with E-state index in [1.54, 1.807) is 12.1 Å². The molecule has 96 valence electrons. The van der Waals surface area contributed by atoms with Crippen molar-refractivity contribution < 1.29 is 9.13 Å². The molecular formula is C13H16FN3O. The second kappa shape index (κ2) is 3.95. The van der Waals surface area contributed by atoms with Gasteiger partial charge in [0.2, 0.25) is 0 Å². The van der Waals surface area contributed by atoms with E-state index in [1.165, 1.54) is 12.1 Å². The summed E-state index contributed by atoms with van der Waals surface area (Å²) in [5, 5.41) is 0. The van der Waals surface area contributed by atoms with E-state index in [1.807, 2.05) is 11.8 Å². The molecule has 1 fully saturated rings. The molecule has 2 unspecified atom stereocenters. The van der Waals surface area contributed by atoms with Crippen LogP contribution in [0.2, 0.25) is 0 Å². The van der Waals surface area contributed by atoms with Crippen LogP contribution in [0.15, 0.2) is 29.3 Å². The van der Waals surface area contributed by atoms with Crippen molar-refractivity contribution in [2.24, 2.45) is 10.7 Å². The molecule has 1 saturated heterocycles.